The first-order chi connectivity index (χ1) is 12.2. The first-order valence-electron chi connectivity index (χ1n) is 8.99. The molecule has 0 radical (unpaired) electrons. The third-order valence-corrected chi connectivity index (χ3v) is 5.09. The number of benzene rings is 1. The van der Waals surface area contributed by atoms with Gasteiger partial charge in [0.15, 0.2) is 0 Å². The fourth-order valence-corrected chi connectivity index (χ4v) is 3.51. The lowest BCUT2D eigenvalue weighted by Gasteiger charge is -2.34. The Morgan fingerprint density at radius 3 is 2.52 bits per heavy atom. The molecular formula is C19H26N2O4. The summed E-state index contributed by atoms with van der Waals surface area (Å²) in [6.07, 6.45) is 3.06. The quantitative estimate of drug-likeness (QED) is 0.908. The molecule has 136 valence electrons. The Kier molecular flexibility index (Phi) is 5.91. The van der Waals surface area contributed by atoms with Crippen molar-refractivity contribution in [1.82, 2.24) is 4.90 Å². The third-order valence-electron chi connectivity index (χ3n) is 5.09. The SMILES string of the molecule is COc1cccc(NC(=O)C2CCN(C(=O)C3CCOCC3)CC2)c1. The van der Waals surface area contributed by atoms with Gasteiger partial charge in [0, 0.05) is 49.9 Å². The number of amides is 2. The molecule has 0 saturated carbocycles. The van der Waals surface area contributed by atoms with E-state index in [1.165, 1.54) is 0 Å². The van der Waals surface area contributed by atoms with Crippen molar-refractivity contribution in [2.45, 2.75) is 25.7 Å². The summed E-state index contributed by atoms with van der Waals surface area (Å²) < 4.78 is 10.5. The van der Waals surface area contributed by atoms with Gasteiger partial charge in [0.2, 0.25) is 11.8 Å². The molecule has 2 saturated heterocycles. The van der Waals surface area contributed by atoms with E-state index in [4.69, 9.17) is 9.47 Å². The number of ether oxygens (including phenoxy) is 2. The Hall–Kier alpha value is -2.08. The number of methoxy groups -OCH3 is 1. The van der Waals surface area contributed by atoms with Crippen molar-refractivity contribution >= 4 is 17.5 Å². The van der Waals surface area contributed by atoms with Gasteiger partial charge in [-0.25, -0.2) is 0 Å². The minimum absolute atomic E-state index is 0.0198. The van der Waals surface area contributed by atoms with Gasteiger partial charge in [0.05, 0.1) is 7.11 Å². The number of carbonyl (C=O) groups is 2. The number of anilines is 1. The molecule has 2 aliphatic rings. The maximum absolute atomic E-state index is 12.5. The average Bonchev–Trinajstić information content (AvgIpc) is 2.68. The minimum Gasteiger partial charge on any atom is -0.497 e. The molecule has 0 atom stereocenters. The van der Waals surface area contributed by atoms with Crippen LogP contribution in [0.1, 0.15) is 25.7 Å². The highest BCUT2D eigenvalue weighted by Crippen LogP contribution is 2.24. The number of hydrogen-bond acceptors (Lipinski definition) is 4. The van der Waals surface area contributed by atoms with Crippen molar-refractivity contribution in [1.29, 1.82) is 0 Å². The molecule has 2 heterocycles. The predicted octanol–water partition coefficient (Wildman–Crippen LogP) is 2.30. The van der Waals surface area contributed by atoms with Crippen LogP contribution in [0.5, 0.6) is 5.75 Å². The first-order valence-corrected chi connectivity index (χ1v) is 8.99. The zero-order valence-electron chi connectivity index (χ0n) is 14.7. The number of rotatable bonds is 4. The molecule has 6 heteroatoms. The summed E-state index contributed by atoms with van der Waals surface area (Å²) >= 11 is 0. The zero-order valence-corrected chi connectivity index (χ0v) is 14.7. The lowest BCUT2D eigenvalue weighted by molar-refractivity contribution is -0.141. The van der Waals surface area contributed by atoms with Gasteiger partial charge in [-0.3, -0.25) is 9.59 Å². The smallest absolute Gasteiger partial charge is 0.227 e. The molecule has 2 amide bonds. The molecule has 6 nitrogen and oxygen atoms in total. The van der Waals surface area contributed by atoms with E-state index in [0.29, 0.717) is 39.1 Å². The van der Waals surface area contributed by atoms with Crippen molar-refractivity contribution in [2.75, 3.05) is 38.7 Å². The van der Waals surface area contributed by atoms with Gasteiger partial charge in [-0.1, -0.05) is 6.07 Å². The molecular weight excluding hydrogens is 320 g/mol. The Morgan fingerprint density at radius 2 is 1.84 bits per heavy atom. The van der Waals surface area contributed by atoms with Crippen molar-refractivity contribution in [3.8, 4) is 5.75 Å². The molecule has 1 aromatic carbocycles. The lowest BCUT2D eigenvalue weighted by Crippen LogP contribution is -2.45. The van der Waals surface area contributed by atoms with E-state index in [1.807, 2.05) is 29.2 Å². The van der Waals surface area contributed by atoms with Gasteiger partial charge in [-0.05, 0) is 37.8 Å². The standard InChI is InChI=1S/C19H26N2O4/c1-24-17-4-2-3-16(13-17)20-18(22)14-5-9-21(10-6-14)19(23)15-7-11-25-12-8-15/h2-4,13-15H,5-12H2,1H3,(H,20,22). The van der Waals surface area contributed by atoms with Crippen LogP contribution in [0.3, 0.4) is 0 Å². The van der Waals surface area contributed by atoms with E-state index in [2.05, 4.69) is 5.32 Å². The van der Waals surface area contributed by atoms with Crippen molar-refractivity contribution in [2.24, 2.45) is 11.8 Å². The van der Waals surface area contributed by atoms with Crippen LogP contribution in [0.2, 0.25) is 0 Å². The normalized spacial score (nSPS) is 19.5. The van der Waals surface area contributed by atoms with Gasteiger partial charge in [-0.2, -0.15) is 0 Å². The number of nitrogens with one attached hydrogen (secondary N) is 1. The number of nitrogens with zero attached hydrogens (tertiary/aromatic N) is 1. The predicted molar refractivity (Wildman–Crippen MR) is 94.5 cm³/mol. The van der Waals surface area contributed by atoms with E-state index >= 15 is 0 Å². The number of hydrogen-bond donors (Lipinski definition) is 1. The summed E-state index contributed by atoms with van der Waals surface area (Å²) in [6, 6.07) is 7.35. The summed E-state index contributed by atoms with van der Waals surface area (Å²) in [5.74, 6) is 1.01. The molecule has 25 heavy (non-hydrogen) atoms. The largest absolute Gasteiger partial charge is 0.497 e. The second-order valence-corrected chi connectivity index (χ2v) is 6.71. The second kappa shape index (κ2) is 8.34. The Bertz CT molecular complexity index is 605. The average molecular weight is 346 g/mol. The highest BCUT2D eigenvalue weighted by molar-refractivity contribution is 5.93. The van der Waals surface area contributed by atoms with Crippen molar-refractivity contribution in [3.63, 3.8) is 0 Å². The lowest BCUT2D eigenvalue weighted by atomic mass is 9.93. The third kappa shape index (κ3) is 4.51. The van der Waals surface area contributed by atoms with Crippen LogP contribution in [-0.2, 0) is 14.3 Å². The molecule has 0 aliphatic carbocycles. The molecule has 2 aliphatic heterocycles. The van der Waals surface area contributed by atoms with E-state index in [1.54, 1.807) is 7.11 Å². The first kappa shape index (κ1) is 17.7. The summed E-state index contributed by atoms with van der Waals surface area (Å²) in [6.45, 7) is 2.67. The Balaban J connectivity index is 1.49. The van der Waals surface area contributed by atoms with Crippen LogP contribution in [0.4, 0.5) is 5.69 Å². The van der Waals surface area contributed by atoms with Crippen molar-refractivity contribution < 1.29 is 19.1 Å². The summed E-state index contributed by atoms with van der Waals surface area (Å²) in [5, 5.41) is 2.95. The molecule has 0 spiro atoms. The van der Waals surface area contributed by atoms with Gasteiger partial charge in [-0.15, -0.1) is 0 Å². The zero-order chi connectivity index (χ0) is 17.6. The maximum atomic E-state index is 12.5. The highest BCUT2D eigenvalue weighted by atomic mass is 16.5. The van der Waals surface area contributed by atoms with Gasteiger partial charge < -0.3 is 19.7 Å². The Labute approximate surface area is 148 Å². The van der Waals surface area contributed by atoms with Crippen LogP contribution in [0, 0.1) is 11.8 Å². The van der Waals surface area contributed by atoms with E-state index < -0.39 is 0 Å². The molecule has 0 unspecified atom stereocenters. The van der Waals surface area contributed by atoms with E-state index in [0.717, 1.165) is 24.3 Å². The maximum Gasteiger partial charge on any atom is 0.227 e. The summed E-state index contributed by atoms with van der Waals surface area (Å²) in [4.78, 5) is 26.9. The molecule has 2 fully saturated rings. The molecule has 1 aromatic rings. The number of carbonyl (C=O) groups excluding carboxylic acids is 2. The van der Waals surface area contributed by atoms with Gasteiger partial charge in [0.1, 0.15) is 5.75 Å². The summed E-state index contributed by atoms with van der Waals surface area (Å²) in [5.41, 5.74) is 0.741. The van der Waals surface area contributed by atoms with Crippen molar-refractivity contribution in [3.05, 3.63) is 24.3 Å². The highest BCUT2D eigenvalue weighted by Gasteiger charge is 2.31. The molecule has 0 bridgehead atoms. The van der Waals surface area contributed by atoms with E-state index in [-0.39, 0.29) is 23.7 Å². The monoisotopic (exact) mass is 346 g/mol. The molecule has 3 rings (SSSR count). The van der Waals surface area contributed by atoms with Gasteiger partial charge in [0.25, 0.3) is 0 Å². The number of likely N-dealkylation sites (tertiary alicyclic amines) is 1. The topological polar surface area (TPSA) is 67.9 Å². The second-order valence-electron chi connectivity index (χ2n) is 6.71. The summed E-state index contributed by atoms with van der Waals surface area (Å²) in [7, 11) is 1.60. The number of piperidine rings is 1. The van der Waals surface area contributed by atoms with Crippen LogP contribution < -0.4 is 10.1 Å². The van der Waals surface area contributed by atoms with Crippen LogP contribution in [-0.4, -0.2) is 50.1 Å². The van der Waals surface area contributed by atoms with E-state index in [9.17, 15) is 9.59 Å². The van der Waals surface area contributed by atoms with Crippen LogP contribution in [0.25, 0.3) is 0 Å². The molecule has 0 aromatic heterocycles. The van der Waals surface area contributed by atoms with Gasteiger partial charge >= 0.3 is 0 Å². The Morgan fingerprint density at radius 1 is 1.12 bits per heavy atom. The fraction of sp³-hybridized carbons (Fsp3) is 0.579. The van der Waals surface area contributed by atoms with Crippen LogP contribution >= 0.6 is 0 Å². The molecule has 1 N–H and O–H groups in total. The fourth-order valence-electron chi connectivity index (χ4n) is 3.51. The van der Waals surface area contributed by atoms with Crippen LogP contribution in [0.15, 0.2) is 24.3 Å². The minimum atomic E-state index is -0.0510.